The molecule has 0 aliphatic rings. The lowest BCUT2D eigenvalue weighted by atomic mass is 9.94. The smallest absolute Gasteiger partial charge is 0.416 e. The molecule has 1 N–H and O–H groups in total. The van der Waals surface area contributed by atoms with E-state index in [-0.39, 0.29) is 36.7 Å². The van der Waals surface area contributed by atoms with E-state index in [1.165, 1.54) is 4.90 Å². The van der Waals surface area contributed by atoms with Gasteiger partial charge in [-0.2, -0.15) is 26.3 Å². The van der Waals surface area contributed by atoms with Gasteiger partial charge >= 0.3 is 18.4 Å². The van der Waals surface area contributed by atoms with Gasteiger partial charge in [-0.25, -0.2) is 4.79 Å². The van der Waals surface area contributed by atoms with Crippen LogP contribution < -0.4 is 0 Å². The van der Waals surface area contributed by atoms with Crippen molar-refractivity contribution in [2.24, 2.45) is 5.41 Å². The molecule has 0 aliphatic carbocycles. The van der Waals surface area contributed by atoms with Gasteiger partial charge in [0.05, 0.1) is 24.3 Å². The summed E-state index contributed by atoms with van der Waals surface area (Å²) in [6.07, 6.45) is -11.0. The van der Waals surface area contributed by atoms with Crippen LogP contribution in [0.2, 0.25) is 0 Å². The third-order valence-electron chi connectivity index (χ3n) is 4.88. The summed E-state index contributed by atoms with van der Waals surface area (Å²) >= 11 is 0. The monoisotopic (exact) mass is 491 g/mol. The third kappa shape index (κ3) is 8.55. The molecule has 188 valence electrons. The second-order valence-electron chi connectivity index (χ2n) is 9.26. The lowest BCUT2D eigenvalue weighted by molar-refractivity contribution is -0.143. The van der Waals surface area contributed by atoms with Crippen molar-refractivity contribution in [1.29, 1.82) is 0 Å². The molecule has 1 atom stereocenters. The number of hydrogen-bond donors (Lipinski definition) is 1. The highest BCUT2D eigenvalue weighted by atomic mass is 19.4. The summed E-state index contributed by atoms with van der Waals surface area (Å²) in [5.74, 6) is -0.479. The van der Waals surface area contributed by atoms with E-state index in [2.05, 4.69) is 0 Å². The molecule has 0 aromatic heterocycles. The van der Waals surface area contributed by atoms with Crippen LogP contribution in [0.3, 0.4) is 0 Å². The SMILES string of the molecule is CC(C)(C)CN(CC(COCc1cc(C(F)(F)F)cc(C(F)(F)F)c1)c1ccccc1)C(=O)O. The van der Waals surface area contributed by atoms with Gasteiger partial charge in [-0.05, 0) is 34.7 Å². The summed E-state index contributed by atoms with van der Waals surface area (Å²) in [5.41, 5.74) is -2.70. The maximum absolute atomic E-state index is 13.1. The van der Waals surface area contributed by atoms with Crippen LogP contribution in [0.25, 0.3) is 0 Å². The number of alkyl halides is 6. The molecule has 4 nitrogen and oxygen atoms in total. The molecule has 0 bridgehead atoms. The standard InChI is InChI=1S/C24H27F6NO3/c1-22(2,3)15-31(21(32)33)12-18(17-7-5-4-6-8-17)14-34-13-16-9-19(23(25,26)27)11-20(10-16)24(28,29)30/h4-11,18H,12-15H2,1-3H3,(H,32,33). The molecule has 34 heavy (non-hydrogen) atoms. The molecule has 0 spiro atoms. The quantitative estimate of drug-likeness (QED) is 0.403. The predicted octanol–water partition coefficient (Wildman–Crippen LogP) is 7.05. The molecular formula is C24H27F6NO3. The number of ether oxygens (including phenoxy) is 1. The van der Waals surface area contributed by atoms with Gasteiger partial charge in [-0.15, -0.1) is 0 Å². The van der Waals surface area contributed by atoms with Gasteiger partial charge in [0, 0.05) is 19.0 Å². The number of nitrogens with zero attached hydrogens (tertiary/aromatic N) is 1. The molecule has 1 amide bonds. The second-order valence-corrected chi connectivity index (χ2v) is 9.26. The maximum atomic E-state index is 13.1. The van der Waals surface area contributed by atoms with Crippen LogP contribution in [-0.2, 0) is 23.7 Å². The van der Waals surface area contributed by atoms with E-state index in [1.807, 2.05) is 20.8 Å². The van der Waals surface area contributed by atoms with Crippen LogP contribution in [0.15, 0.2) is 48.5 Å². The second kappa shape index (κ2) is 10.7. The Bertz CT molecular complexity index is 920. The Hall–Kier alpha value is -2.75. The molecule has 0 saturated carbocycles. The molecule has 2 aromatic rings. The van der Waals surface area contributed by atoms with Gasteiger partial charge in [0.25, 0.3) is 0 Å². The summed E-state index contributed by atoms with van der Waals surface area (Å²) in [6, 6.07) is 10.1. The summed E-state index contributed by atoms with van der Waals surface area (Å²) in [5, 5.41) is 9.62. The van der Waals surface area contributed by atoms with Gasteiger partial charge in [0.15, 0.2) is 0 Å². The normalized spacial score (nSPS) is 13.6. The molecule has 0 aliphatic heterocycles. The minimum absolute atomic E-state index is 0.0486. The van der Waals surface area contributed by atoms with Gasteiger partial charge in [0.1, 0.15) is 0 Å². The highest BCUT2D eigenvalue weighted by molar-refractivity contribution is 5.65. The molecule has 1 unspecified atom stereocenters. The van der Waals surface area contributed by atoms with Crippen LogP contribution in [-0.4, -0.2) is 35.8 Å². The van der Waals surface area contributed by atoms with Crippen LogP contribution in [0, 0.1) is 5.41 Å². The fraction of sp³-hybridized carbons (Fsp3) is 0.458. The van der Waals surface area contributed by atoms with E-state index in [0.717, 1.165) is 5.56 Å². The Morgan fingerprint density at radius 3 is 1.91 bits per heavy atom. The van der Waals surface area contributed by atoms with E-state index in [9.17, 15) is 36.2 Å². The largest absolute Gasteiger partial charge is 0.465 e. The number of hydrogen-bond acceptors (Lipinski definition) is 2. The van der Waals surface area contributed by atoms with Gasteiger partial charge in [-0.3, -0.25) is 0 Å². The van der Waals surface area contributed by atoms with Crippen molar-refractivity contribution in [1.82, 2.24) is 4.90 Å². The minimum atomic E-state index is -4.95. The van der Waals surface area contributed by atoms with Crippen LogP contribution in [0.1, 0.15) is 48.9 Å². The Balaban J connectivity index is 2.23. The van der Waals surface area contributed by atoms with E-state index in [4.69, 9.17) is 4.74 Å². The number of rotatable bonds is 8. The summed E-state index contributed by atoms with van der Waals surface area (Å²) in [7, 11) is 0. The van der Waals surface area contributed by atoms with Gasteiger partial charge in [0.2, 0.25) is 0 Å². The fourth-order valence-electron chi connectivity index (χ4n) is 3.45. The van der Waals surface area contributed by atoms with Crippen molar-refractivity contribution in [2.45, 2.75) is 45.6 Å². The van der Waals surface area contributed by atoms with Gasteiger partial charge < -0.3 is 14.7 Å². The van der Waals surface area contributed by atoms with Gasteiger partial charge in [-0.1, -0.05) is 51.1 Å². The Morgan fingerprint density at radius 1 is 0.941 bits per heavy atom. The van der Waals surface area contributed by atoms with Crippen molar-refractivity contribution >= 4 is 6.09 Å². The lowest BCUT2D eigenvalue weighted by Crippen LogP contribution is -2.40. The zero-order valence-corrected chi connectivity index (χ0v) is 19.0. The molecule has 0 saturated heterocycles. The Morgan fingerprint density at radius 2 is 1.47 bits per heavy atom. The number of halogens is 6. The van der Waals surface area contributed by atoms with E-state index in [0.29, 0.717) is 12.1 Å². The average Bonchev–Trinajstić information content (AvgIpc) is 2.70. The van der Waals surface area contributed by atoms with E-state index in [1.54, 1.807) is 30.3 Å². The highest BCUT2D eigenvalue weighted by Gasteiger charge is 2.37. The first-order valence-corrected chi connectivity index (χ1v) is 10.5. The van der Waals surface area contributed by atoms with Crippen LogP contribution >= 0.6 is 0 Å². The summed E-state index contributed by atoms with van der Waals surface area (Å²) < 4.78 is 84.1. The van der Waals surface area contributed by atoms with Crippen molar-refractivity contribution in [3.63, 3.8) is 0 Å². The first-order valence-electron chi connectivity index (χ1n) is 10.5. The van der Waals surface area contributed by atoms with E-state index < -0.39 is 42.1 Å². The third-order valence-corrected chi connectivity index (χ3v) is 4.88. The first kappa shape index (κ1) is 27.5. The Kier molecular flexibility index (Phi) is 8.63. The lowest BCUT2D eigenvalue weighted by Gasteiger charge is -2.31. The van der Waals surface area contributed by atoms with Crippen molar-refractivity contribution in [3.05, 3.63) is 70.8 Å². The summed E-state index contributed by atoms with van der Waals surface area (Å²) in [6.45, 7) is 5.31. The highest BCUT2D eigenvalue weighted by Crippen LogP contribution is 2.36. The Labute approximate surface area is 194 Å². The molecule has 10 heteroatoms. The molecule has 0 heterocycles. The van der Waals surface area contributed by atoms with Crippen molar-refractivity contribution in [2.75, 3.05) is 19.7 Å². The predicted molar refractivity (Wildman–Crippen MR) is 114 cm³/mol. The summed E-state index contributed by atoms with van der Waals surface area (Å²) in [4.78, 5) is 13.0. The number of amides is 1. The minimum Gasteiger partial charge on any atom is -0.465 e. The van der Waals surface area contributed by atoms with Crippen LogP contribution in [0.5, 0.6) is 0 Å². The number of carboxylic acid groups (broad SMARTS) is 1. The average molecular weight is 491 g/mol. The van der Waals surface area contributed by atoms with Crippen molar-refractivity contribution < 1.29 is 41.0 Å². The van der Waals surface area contributed by atoms with E-state index >= 15 is 0 Å². The first-order chi connectivity index (χ1) is 15.6. The molecular weight excluding hydrogens is 464 g/mol. The number of carbonyl (C=O) groups is 1. The maximum Gasteiger partial charge on any atom is 0.416 e. The molecule has 0 fully saturated rings. The zero-order chi connectivity index (χ0) is 25.7. The van der Waals surface area contributed by atoms with Crippen molar-refractivity contribution in [3.8, 4) is 0 Å². The fourth-order valence-corrected chi connectivity index (χ4v) is 3.45. The topological polar surface area (TPSA) is 49.8 Å². The molecule has 2 rings (SSSR count). The zero-order valence-electron chi connectivity index (χ0n) is 19.0. The number of benzene rings is 2. The molecule has 2 aromatic carbocycles. The van der Waals surface area contributed by atoms with Crippen LogP contribution in [0.4, 0.5) is 31.1 Å². The molecule has 0 radical (unpaired) electrons.